The van der Waals surface area contributed by atoms with Crippen LogP contribution in [0.3, 0.4) is 0 Å². The molecule has 5 nitrogen and oxygen atoms in total. The normalized spacial score (nSPS) is 16.0. The Morgan fingerprint density at radius 2 is 1.58 bits per heavy atom. The van der Waals surface area contributed by atoms with Crippen molar-refractivity contribution in [3.63, 3.8) is 0 Å². The molecule has 4 rings (SSSR count). The second-order valence-electron chi connectivity index (χ2n) is 11.9. The Morgan fingerprint density at radius 1 is 0.947 bits per heavy atom. The minimum absolute atomic E-state index is 0.0326. The molecule has 0 saturated heterocycles. The van der Waals surface area contributed by atoms with Gasteiger partial charge in [-0.25, -0.2) is 0 Å². The van der Waals surface area contributed by atoms with Crippen LogP contribution in [0.2, 0.25) is 0 Å². The number of allylic oxidation sites excluding steroid dienone is 1. The van der Waals surface area contributed by atoms with Gasteiger partial charge in [0, 0.05) is 6.07 Å². The maximum absolute atomic E-state index is 13.4. The first-order chi connectivity index (χ1) is 17.9. The quantitative estimate of drug-likeness (QED) is 0.323. The van der Waals surface area contributed by atoms with Gasteiger partial charge in [0.25, 0.3) is 0 Å². The fourth-order valence-corrected chi connectivity index (χ4v) is 4.40. The second kappa shape index (κ2) is 10.9. The van der Waals surface area contributed by atoms with Crippen LogP contribution >= 0.6 is 0 Å². The number of phenols is 1. The number of phenolic OH excluding ortho intramolecular Hbond substituents is 1. The van der Waals surface area contributed by atoms with Crippen LogP contribution in [0.1, 0.15) is 75.6 Å². The molecule has 1 aliphatic heterocycles. The molecule has 0 spiro atoms. The number of carbonyl (C=O) groups excluding carboxylic acids is 1. The van der Waals surface area contributed by atoms with Gasteiger partial charge >= 0.3 is 0 Å². The molecule has 1 aliphatic rings. The molecule has 1 atom stereocenters. The highest BCUT2D eigenvalue weighted by Gasteiger charge is 2.35. The van der Waals surface area contributed by atoms with Crippen LogP contribution in [0.4, 0.5) is 0 Å². The van der Waals surface area contributed by atoms with Gasteiger partial charge in [-0.1, -0.05) is 108 Å². The number of carbonyl (C=O) groups is 1. The van der Waals surface area contributed by atoms with Crippen LogP contribution < -0.4 is 14.2 Å². The van der Waals surface area contributed by atoms with Gasteiger partial charge in [-0.2, -0.15) is 0 Å². The van der Waals surface area contributed by atoms with E-state index in [9.17, 15) is 9.90 Å². The summed E-state index contributed by atoms with van der Waals surface area (Å²) < 4.78 is 18.7. The van der Waals surface area contributed by atoms with E-state index in [0.29, 0.717) is 12.4 Å². The third-order valence-corrected chi connectivity index (χ3v) is 6.46. The van der Waals surface area contributed by atoms with Crippen molar-refractivity contribution in [3.8, 4) is 23.0 Å². The summed E-state index contributed by atoms with van der Waals surface area (Å²) in [5.74, 6) is 0.382. The van der Waals surface area contributed by atoms with Crippen molar-refractivity contribution in [2.75, 3.05) is 6.61 Å². The Balaban J connectivity index is 1.73. The predicted octanol–water partition coefficient (Wildman–Crippen LogP) is 8.08. The van der Waals surface area contributed by atoms with Crippen molar-refractivity contribution < 1.29 is 24.1 Å². The van der Waals surface area contributed by atoms with Gasteiger partial charge in [0.15, 0.2) is 28.8 Å². The molecule has 0 aliphatic carbocycles. The highest BCUT2D eigenvalue weighted by atomic mass is 16.5. The summed E-state index contributed by atoms with van der Waals surface area (Å²) in [7, 11) is 0. The van der Waals surface area contributed by atoms with Crippen molar-refractivity contribution in [1.82, 2.24) is 0 Å². The van der Waals surface area contributed by atoms with Crippen molar-refractivity contribution in [2.45, 2.75) is 60.7 Å². The number of aromatic hydroxyl groups is 1. The second-order valence-corrected chi connectivity index (χ2v) is 11.9. The maximum Gasteiger partial charge on any atom is 0.176 e. The van der Waals surface area contributed by atoms with Crippen LogP contribution in [0.15, 0.2) is 78.4 Å². The summed E-state index contributed by atoms with van der Waals surface area (Å²) in [4.78, 5) is 13.4. The van der Waals surface area contributed by atoms with Gasteiger partial charge in [-0.15, -0.1) is 0 Å². The molecule has 38 heavy (non-hydrogen) atoms. The molecule has 200 valence electrons. The maximum atomic E-state index is 13.4. The van der Waals surface area contributed by atoms with Crippen LogP contribution in [-0.2, 0) is 6.61 Å². The largest absolute Gasteiger partial charge is 0.504 e. The molecule has 1 N–H and O–H groups in total. The number of Topliss-reactive ketones (excluding diaryl/α,β-unsaturated/α-hetero) is 1. The van der Waals surface area contributed by atoms with Gasteiger partial charge in [0.05, 0.1) is 6.42 Å². The number of ketones is 1. The number of ether oxygens (including phenoxy) is 3. The summed E-state index contributed by atoms with van der Waals surface area (Å²) in [5, 5.41) is 11.1. The van der Waals surface area contributed by atoms with E-state index >= 15 is 0 Å². The number of hydrogen-bond donors (Lipinski definition) is 1. The molecule has 1 unspecified atom stereocenters. The van der Waals surface area contributed by atoms with Crippen molar-refractivity contribution in [3.05, 3.63) is 95.1 Å². The van der Waals surface area contributed by atoms with Gasteiger partial charge in [-0.05, 0) is 27.5 Å². The van der Waals surface area contributed by atoms with E-state index in [2.05, 4.69) is 47.6 Å². The zero-order chi connectivity index (χ0) is 27.5. The molecular formula is C33H38O5. The molecule has 0 saturated carbocycles. The van der Waals surface area contributed by atoms with Gasteiger partial charge in [0.2, 0.25) is 0 Å². The highest BCUT2D eigenvalue weighted by molar-refractivity contribution is 6.04. The molecular weight excluding hydrogens is 476 g/mol. The fraction of sp³-hybridized carbons (Fsp3) is 0.364. The number of benzene rings is 3. The summed E-state index contributed by atoms with van der Waals surface area (Å²) >= 11 is 0. The standard InChI is InChI=1S/C33H38O5/c1-32(2,3)19-24(33(4,5)6)21-37-28-18-27(36-20-22-13-9-7-10-14-22)30(35)29-25(34)17-26(38-31(28)29)23-15-11-8-12-16-23/h7-16,18-19,26,35H,17,20-21H2,1-6H3/b24-19-. The Hall–Kier alpha value is -3.73. The highest BCUT2D eigenvalue weighted by Crippen LogP contribution is 2.50. The van der Waals surface area contributed by atoms with Crippen LogP contribution in [0, 0.1) is 10.8 Å². The summed E-state index contributed by atoms with van der Waals surface area (Å²) in [6.07, 6.45) is 1.87. The van der Waals surface area contributed by atoms with Crippen molar-refractivity contribution >= 4 is 5.78 Å². The zero-order valence-corrected chi connectivity index (χ0v) is 23.2. The van der Waals surface area contributed by atoms with E-state index in [4.69, 9.17) is 14.2 Å². The average Bonchev–Trinajstić information content (AvgIpc) is 2.86. The van der Waals surface area contributed by atoms with E-state index in [1.807, 2.05) is 60.7 Å². The monoisotopic (exact) mass is 514 g/mol. The zero-order valence-electron chi connectivity index (χ0n) is 23.2. The molecule has 5 heteroatoms. The lowest BCUT2D eigenvalue weighted by Gasteiger charge is -2.30. The smallest absolute Gasteiger partial charge is 0.176 e. The first-order valence-electron chi connectivity index (χ1n) is 13.1. The number of rotatable bonds is 7. The van der Waals surface area contributed by atoms with Gasteiger partial charge in [0.1, 0.15) is 24.9 Å². The molecule has 3 aromatic rings. The Bertz CT molecular complexity index is 1300. The van der Waals surface area contributed by atoms with Gasteiger partial charge < -0.3 is 19.3 Å². The lowest BCUT2D eigenvalue weighted by molar-refractivity contribution is 0.0833. The molecule has 0 radical (unpaired) electrons. The number of fused-ring (bicyclic) bond motifs is 1. The predicted molar refractivity (Wildman–Crippen MR) is 150 cm³/mol. The van der Waals surface area contributed by atoms with Crippen LogP contribution in [0.5, 0.6) is 23.0 Å². The minimum Gasteiger partial charge on any atom is -0.504 e. The van der Waals surface area contributed by atoms with Crippen molar-refractivity contribution in [1.29, 1.82) is 0 Å². The minimum atomic E-state index is -0.471. The Morgan fingerprint density at radius 3 is 2.18 bits per heavy atom. The Labute approximate surface area is 226 Å². The Kier molecular flexibility index (Phi) is 7.86. The molecule has 1 heterocycles. The first kappa shape index (κ1) is 27.3. The van der Waals surface area contributed by atoms with Crippen LogP contribution in [-0.4, -0.2) is 17.5 Å². The number of hydrogen-bond acceptors (Lipinski definition) is 5. The summed E-state index contributed by atoms with van der Waals surface area (Å²) in [5.41, 5.74) is 2.91. The molecule has 3 aromatic carbocycles. The fourth-order valence-electron chi connectivity index (χ4n) is 4.40. The molecule has 0 amide bonds. The van der Waals surface area contributed by atoms with Gasteiger partial charge in [-0.3, -0.25) is 4.79 Å². The molecule has 0 bridgehead atoms. The van der Waals surface area contributed by atoms with E-state index in [0.717, 1.165) is 16.7 Å². The lowest BCUT2D eigenvalue weighted by atomic mass is 9.81. The molecule has 0 aromatic heterocycles. The van der Waals surface area contributed by atoms with Crippen LogP contribution in [0.25, 0.3) is 0 Å². The van der Waals surface area contributed by atoms with Crippen molar-refractivity contribution in [2.24, 2.45) is 10.8 Å². The SMILES string of the molecule is CC(C)(C)/C=C(/COc1cc(OCc2ccccc2)c(O)c2c1OC(c1ccccc1)CC2=O)C(C)(C)C. The van der Waals surface area contributed by atoms with E-state index in [-0.39, 0.29) is 52.5 Å². The summed E-state index contributed by atoms with van der Waals surface area (Å²) in [6, 6.07) is 20.9. The summed E-state index contributed by atoms with van der Waals surface area (Å²) in [6.45, 7) is 13.5. The average molecular weight is 515 g/mol. The lowest BCUT2D eigenvalue weighted by Crippen LogP contribution is -2.23. The third kappa shape index (κ3) is 6.58. The first-order valence-corrected chi connectivity index (χ1v) is 13.1. The van der Waals surface area contributed by atoms with E-state index in [1.54, 1.807) is 6.07 Å². The topological polar surface area (TPSA) is 65.0 Å². The van der Waals surface area contributed by atoms with E-state index in [1.165, 1.54) is 0 Å². The third-order valence-electron chi connectivity index (χ3n) is 6.46. The molecule has 0 fully saturated rings. The van der Waals surface area contributed by atoms with E-state index < -0.39 is 6.10 Å².